The van der Waals surface area contributed by atoms with Crippen LogP contribution in [0.3, 0.4) is 0 Å². The average Bonchev–Trinajstić information content (AvgIpc) is 3.54. The summed E-state index contributed by atoms with van der Waals surface area (Å²) < 4.78 is 14.8. The molecule has 13 heteroatoms. The van der Waals surface area contributed by atoms with E-state index in [1.165, 1.54) is 29.7 Å². The first-order valence-corrected chi connectivity index (χ1v) is 14.9. The topological polar surface area (TPSA) is 141 Å². The predicted molar refractivity (Wildman–Crippen MR) is 153 cm³/mol. The van der Waals surface area contributed by atoms with Crippen molar-refractivity contribution in [3.8, 4) is 16.3 Å². The van der Waals surface area contributed by atoms with Crippen molar-refractivity contribution in [3.63, 3.8) is 0 Å². The lowest BCUT2D eigenvalue weighted by Gasteiger charge is -2.55. The molecule has 11 nitrogen and oxygen atoms in total. The normalized spacial score (nSPS) is 22.8. The molecule has 1 aliphatic heterocycles. The molecule has 2 saturated carbocycles. The van der Waals surface area contributed by atoms with E-state index in [0.29, 0.717) is 61.4 Å². The van der Waals surface area contributed by atoms with Crippen LogP contribution in [-0.2, 0) is 11.2 Å². The lowest BCUT2D eigenvalue weighted by Crippen LogP contribution is -2.69. The minimum atomic E-state index is -0.738. The summed E-state index contributed by atoms with van der Waals surface area (Å²) >= 11 is 1.20. The molecule has 2 aromatic heterocycles. The molecule has 2 aliphatic carbocycles. The van der Waals surface area contributed by atoms with Crippen LogP contribution in [0.1, 0.15) is 66.0 Å². The van der Waals surface area contributed by atoms with Gasteiger partial charge in [0, 0.05) is 39.7 Å². The Hall–Kier alpha value is -3.84. The molecule has 222 valence electrons. The number of aromatic nitrogens is 3. The van der Waals surface area contributed by atoms with Crippen LogP contribution in [-0.4, -0.2) is 73.7 Å². The molecule has 6 rings (SSSR count). The molecule has 3 aromatic rings. The third-order valence-corrected chi connectivity index (χ3v) is 9.97. The highest BCUT2D eigenvalue weighted by Gasteiger charge is 2.50. The van der Waals surface area contributed by atoms with Crippen molar-refractivity contribution < 1.29 is 24.2 Å². The summed E-state index contributed by atoms with van der Waals surface area (Å²) in [5, 5.41) is 35.0. The second-order valence-corrected chi connectivity index (χ2v) is 12.8. The first kappa shape index (κ1) is 28.3. The molecule has 0 unspecified atom stereocenters. The second kappa shape index (κ2) is 10.5. The van der Waals surface area contributed by atoms with E-state index < -0.39 is 28.3 Å². The van der Waals surface area contributed by atoms with Crippen LogP contribution >= 0.6 is 11.3 Å². The van der Waals surface area contributed by atoms with Crippen molar-refractivity contribution in [2.45, 2.75) is 62.6 Å². The maximum atomic E-state index is 13.6. The Morgan fingerprint density at radius 1 is 1.12 bits per heavy atom. The van der Waals surface area contributed by atoms with Gasteiger partial charge in [0.1, 0.15) is 16.5 Å². The molecule has 1 aromatic carbocycles. The molecule has 0 radical (unpaired) electrons. The Balaban J connectivity index is 1.22. The fourth-order valence-electron chi connectivity index (χ4n) is 6.08. The molecular formula is C29H33FN6O5S. The number of aromatic hydroxyl groups is 1. The monoisotopic (exact) mass is 596 g/mol. The maximum Gasteiger partial charge on any atom is 0.278 e. The van der Waals surface area contributed by atoms with Crippen LogP contribution in [0.2, 0.25) is 0 Å². The highest BCUT2D eigenvalue weighted by atomic mass is 32.1. The fraction of sp³-hybridized carbons (Fsp3) is 0.483. The number of amides is 2. The largest absolute Gasteiger partial charge is 0.502 e. The van der Waals surface area contributed by atoms with Gasteiger partial charge in [-0.1, -0.05) is 23.5 Å². The van der Waals surface area contributed by atoms with Gasteiger partial charge >= 0.3 is 0 Å². The molecule has 3 N–H and O–H groups in total. The summed E-state index contributed by atoms with van der Waals surface area (Å²) in [7, 11) is 3.50. The van der Waals surface area contributed by atoms with E-state index in [0.717, 1.165) is 5.56 Å². The lowest BCUT2D eigenvalue weighted by molar-refractivity contribution is -0.123. The van der Waals surface area contributed by atoms with Crippen LogP contribution in [0, 0.1) is 11.7 Å². The van der Waals surface area contributed by atoms with Gasteiger partial charge in [0.25, 0.3) is 5.91 Å². The molecule has 2 amide bonds. The molecule has 2 fully saturated rings. The van der Waals surface area contributed by atoms with Crippen LogP contribution in [0.15, 0.2) is 35.3 Å². The summed E-state index contributed by atoms with van der Waals surface area (Å²) in [6.07, 6.45) is 6.33. The van der Waals surface area contributed by atoms with Gasteiger partial charge in [-0.25, -0.2) is 4.39 Å². The number of carbonyl (C=O) groups is 2. The van der Waals surface area contributed by atoms with Crippen molar-refractivity contribution in [2.24, 2.45) is 5.92 Å². The number of nitrogens with zero attached hydrogens (tertiary/aromatic N) is 5. The standard InChI is InChI=1S/C29H33FN6O5S/c1-34-27(40)23-25(39)24(38)20(26-33-32-22(42-26)14-17-3-5-19(30)6-4-17)15-36(23)35(2)29(34)9-7-18(8-10-29)13-21(37)31-16-28(41)11-12-28/h3-6,15,18,39,41H,7-14,16H2,1-2H3,(H,31,37). The van der Waals surface area contributed by atoms with Gasteiger partial charge in [-0.2, -0.15) is 0 Å². The molecule has 1 spiro atoms. The fourth-order valence-corrected chi connectivity index (χ4v) is 6.96. The van der Waals surface area contributed by atoms with Crippen LogP contribution in [0.5, 0.6) is 5.75 Å². The van der Waals surface area contributed by atoms with Crippen molar-refractivity contribution >= 4 is 23.2 Å². The van der Waals surface area contributed by atoms with E-state index in [1.54, 1.807) is 28.8 Å². The summed E-state index contributed by atoms with van der Waals surface area (Å²) in [5.74, 6) is -1.38. The number of hydrogen-bond acceptors (Lipinski definition) is 9. The highest BCUT2D eigenvalue weighted by Crippen LogP contribution is 2.42. The summed E-state index contributed by atoms with van der Waals surface area (Å²) in [4.78, 5) is 40.9. The molecule has 3 aliphatic rings. The van der Waals surface area contributed by atoms with Crippen LogP contribution < -0.4 is 15.8 Å². The highest BCUT2D eigenvalue weighted by molar-refractivity contribution is 7.14. The van der Waals surface area contributed by atoms with E-state index in [2.05, 4.69) is 15.5 Å². The first-order valence-electron chi connectivity index (χ1n) is 14.1. The molecule has 42 heavy (non-hydrogen) atoms. The molecule has 0 bridgehead atoms. The Bertz CT molecular complexity index is 1590. The van der Waals surface area contributed by atoms with E-state index in [-0.39, 0.29) is 35.4 Å². The number of hydrogen-bond donors (Lipinski definition) is 3. The predicted octanol–water partition coefficient (Wildman–Crippen LogP) is 2.37. The average molecular weight is 597 g/mol. The molecular weight excluding hydrogens is 563 g/mol. The number of fused-ring (bicyclic) bond motifs is 1. The SMILES string of the molecule is CN1C(=O)c2c(O)c(=O)c(-c3nnc(Cc4ccc(F)cc4)s3)cn2N(C)C12CCC(CC(=O)NCC1(O)CC1)CC2. The number of aliphatic hydroxyl groups is 1. The summed E-state index contributed by atoms with van der Waals surface area (Å²) in [5.41, 5.74) is -1.31. The molecule has 0 atom stereocenters. The van der Waals surface area contributed by atoms with Gasteiger partial charge in [-0.15, -0.1) is 10.2 Å². The summed E-state index contributed by atoms with van der Waals surface area (Å²) in [6.45, 7) is 0.284. The van der Waals surface area contributed by atoms with Crippen LogP contribution in [0.4, 0.5) is 4.39 Å². The number of nitrogens with one attached hydrogen (secondary N) is 1. The van der Waals surface area contributed by atoms with E-state index in [4.69, 9.17) is 0 Å². The zero-order chi connectivity index (χ0) is 29.8. The number of halogens is 1. The zero-order valence-corrected chi connectivity index (χ0v) is 24.3. The second-order valence-electron chi connectivity index (χ2n) is 11.7. The van der Waals surface area contributed by atoms with Gasteiger partial charge in [-0.05, 0) is 62.1 Å². The molecule has 0 saturated heterocycles. The lowest BCUT2D eigenvalue weighted by atomic mass is 9.78. The third-order valence-electron chi connectivity index (χ3n) is 9.01. The van der Waals surface area contributed by atoms with Crippen molar-refractivity contribution in [1.29, 1.82) is 0 Å². The van der Waals surface area contributed by atoms with E-state index in [9.17, 15) is 29.0 Å². The minimum absolute atomic E-state index is 0.0779. The number of pyridine rings is 1. The third kappa shape index (κ3) is 5.04. The van der Waals surface area contributed by atoms with Gasteiger partial charge in [0.05, 0.1) is 11.2 Å². The quantitative estimate of drug-likeness (QED) is 0.378. The summed E-state index contributed by atoms with van der Waals surface area (Å²) in [6, 6.07) is 6.05. The van der Waals surface area contributed by atoms with E-state index in [1.807, 2.05) is 12.1 Å². The number of rotatable bonds is 7. The Labute approximate surface area is 245 Å². The molecule has 3 heterocycles. The smallest absolute Gasteiger partial charge is 0.278 e. The minimum Gasteiger partial charge on any atom is -0.502 e. The van der Waals surface area contributed by atoms with Gasteiger partial charge in [0.15, 0.2) is 16.5 Å². The van der Waals surface area contributed by atoms with Crippen molar-refractivity contribution in [1.82, 2.24) is 25.1 Å². The van der Waals surface area contributed by atoms with Gasteiger partial charge in [0.2, 0.25) is 11.3 Å². The van der Waals surface area contributed by atoms with Gasteiger partial charge < -0.3 is 20.4 Å². The first-order chi connectivity index (χ1) is 20.0. The van der Waals surface area contributed by atoms with E-state index >= 15 is 0 Å². The van der Waals surface area contributed by atoms with Crippen molar-refractivity contribution in [2.75, 3.05) is 25.6 Å². The van der Waals surface area contributed by atoms with Crippen LogP contribution in [0.25, 0.3) is 10.6 Å². The zero-order valence-electron chi connectivity index (χ0n) is 23.5. The van der Waals surface area contributed by atoms with Crippen molar-refractivity contribution in [3.05, 3.63) is 62.8 Å². The Morgan fingerprint density at radius 2 is 1.81 bits per heavy atom. The number of benzene rings is 1. The van der Waals surface area contributed by atoms with Gasteiger partial charge in [-0.3, -0.25) is 24.1 Å². The maximum absolute atomic E-state index is 13.6. The Morgan fingerprint density at radius 3 is 2.48 bits per heavy atom. The number of carbonyl (C=O) groups excluding carboxylic acids is 2. The Kier molecular flexibility index (Phi) is 7.04.